The number of rotatable bonds is 14. The van der Waals surface area contributed by atoms with Crippen LogP contribution in [0.5, 0.6) is 5.75 Å². The highest BCUT2D eigenvalue weighted by Crippen LogP contribution is 2.28. The highest BCUT2D eigenvalue weighted by Gasteiger charge is 2.26. The molecule has 11 heteroatoms. The van der Waals surface area contributed by atoms with E-state index in [-0.39, 0.29) is 5.91 Å². The summed E-state index contributed by atoms with van der Waals surface area (Å²) < 4.78 is 19.7. The number of carbonyl (C=O) groups excluding carboxylic acids is 2. The maximum atomic E-state index is 13.0. The number of hydrogen-bond acceptors (Lipinski definition) is 7. The second-order valence-electron chi connectivity index (χ2n) is 11.9. The van der Waals surface area contributed by atoms with E-state index in [9.17, 15) is 14.8 Å². The second-order valence-corrected chi connectivity index (χ2v) is 11.9. The average molecular weight is 572 g/mol. The van der Waals surface area contributed by atoms with Crippen molar-refractivity contribution in [2.45, 2.75) is 98.4 Å². The van der Waals surface area contributed by atoms with Gasteiger partial charge in [-0.15, -0.1) is 0 Å². The Morgan fingerprint density at radius 1 is 1.10 bits per heavy atom. The molecule has 2 amide bonds. The van der Waals surface area contributed by atoms with Crippen LogP contribution in [0.3, 0.4) is 0 Å². The molecule has 3 aromatic rings. The van der Waals surface area contributed by atoms with Gasteiger partial charge in [0, 0.05) is 26.6 Å². The molecule has 1 aromatic carbocycles. The zero-order chi connectivity index (χ0) is 30.2. The standard InChI is InChI=1S/C30H45N5O6/c1-8-39-19-26-32-24-18-35(38)25-17-22(40-16-12-10-9-11-15-31-28(37)41-29(3,4)5)13-14-23(25)27(24)34(26)20-30(6,7)33-21(2)36/h13-14,17-18H,8-12,15-16,19-20H2,1-7H3,(H,31,37)(H,33,36). The third-order valence-corrected chi connectivity index (χ3v) is 6.29. The summed E-state index contributed by atoms with van der Waals surface area (Å²) in [7, 11) is 0. The minimum atomic E-state index is -0.551. The largest absolute Gasteiger partial charge is 0.618 e. The molecule has 0 aliphatic heterocycles. The van der Waals surface area contributed by atoms with E-state index in [0.29, 0.717) is 55.5 Å². The van der Waals surface area contributed by atoms with Crippen molar-refractivity contribution in [2.24, 2.45) is 0 Å². The van der Waals surface area contributed by atoms with Gasteiger partial charge in [0.1, 0.15) is 23.8 Å². The summed E-state index contributed by atoms with van der Waals surface area (Å²) in [4.78, 5) is 28.2. The first-order valence-electron chi connectivity index (χ1n) is 14.3. The summed E-state index contributed by atoms with van der Waals surface area (Å²) in [6, 6.07) is 5.51. The van der Waals surface area contributed by atoms with E-state index >= 15 is 0 Å². The van der Waals surface area contributed by atoms with Crippen LogP contribution in [0.25, 0.3) is 21.9 Å². The molecule has 0 fully saturated rings. The minimum Gasteiger partial charge on any atom is -0.618 e. The molecule has 0 spiro atoms. The lowest BCUT2D eigenvalue weighted by molar-refractivity contribution is -0.575. The van der Waals surface area contributed by atoms with Crippen molar-refractivity contribution in [3.8, 4) is 5.75 Å². The van der Waals surface area contributed by atoms with Crippen LogP contribution in [0.1, 0.15) is 80.0 Å². The van der Waals surface area contributed by atoms with E-state index in [1.54, 1.807) is 6.07 Å². The molecule has 0 unspecified atom stereocenters. The smallest absolute Gasteiger partial charge is 0.407 e. The molecule has 0 atom stereocenters. The van der Waals surface area contributed by atoms with Crippen molar-refractivity contribution in [3.63, 3.8) is 0 Å². The Morgan fingerprint density at radius 3 is 2.51 bits per heavy atom. The molecule has 0 bridgehead atoms. The van der Waals surface area contributed by atoms with E-state index in [1.165, 1.54) is 13.1 Å². The molecular formula is C30H45N5O6. The fourth-order valence-corrected chi connectivity index (χ4v) is 4.72. The van der Waals surface area contributed by atoms with E-state index in [0.717, 1.165) is 41.3 Å². The Labute approximate surface area is 242 Å². The quantitative estimate of drug-likeness (QED) is 0.162. The van der Waals surface area contributed by atoms with Gasteiger partial charge in [0.15, 0.2) is 5.52 Å². The molecule has 0 aliphatic rings. The van der Waals surface area contributed by atoms with Gasteiger partial charge < -0.3 is 34.6 Å². The minimum absolute atomic E-state index is 0.118. The van der Waals surface area contributed by atoms with Gasteiger partial charge in [0.05, 0.1) is 29.1 Å². The molecule has 0 aliphatic carbocycles. The number of amides is 2. The Morgan fingerprint density at radius 2 is 1.83 bits per heavy atom. The van der Waals surface area contributed by atoms with E-state index < -0.39 is 17.2 Å². The van der Waals surface area contributed by atoms with Gasteiger partial charge in [-0.05, 0) is 66.5 Å². The van der Waals surface area contributed by atoms with Gasteiger partial charge >= 0.3 is 6.09 Å². The molecule has 2 aromatic heterocycles. The van der Waals surface area contributed by atoms with Crippen molar-refractivity contribution in [1.29, 1.82) is 0 Å². The monoisotopic (exact) mass is 571 g/mol. The molecule has 0 saturated carbocycles. The Balaban J connectivity index is 1.67. The highest BCUT2D eigenvalue weighted by atomic mass is 16.6. The number of imidazole rings is 1. The van der Waals surface area contributed by atoms with Crippen LogP contribution >= 0.6 is 0 Å². The topological polar surface area (TPSA) is 131 Å². The Hall–Kier alpha value is -3.60. The molecule has 226 valence electrons. The van der Waals surface area contributed by atoms with Gasteiger partial charge in [0.2, 0.25) is 17.6 Å². The van der Waals surface area contributed by atoms with Gasteiger partial charge in [-0.3, -0.25) is 4.79 Å². The zero-order valence-corrected chi connectivity index (χ0v) is 25.5. The van der Waals surface area contributed by atoms with Gasteiger partial charge in [-0.2, -0.15) is 4.73 Å². The highest BCUT2D eigenvalue weighted by molar-refractivity contribution is 6.01. The fraction of sp³-hybridized carbons (Fsp3) is 0.600. The molecule has 0 saturated heterocycles. The number of alkyl carbamates (subject to hydrolysis) is 1. The number of carbonyl (C=O) groups is 2. The number of pyridine rings is 1. The molecule has 2 heterocycles. The van der Waals surface area contributed by atoms with Crippen LogP contribution in [-0.2, 0) is 27.4 Å². The molecule has 2 N–H and O–H groups in total. The SMILES string of the molecule is CCOCc1nc2c[n+]([O-])c3cc(OCCCCCCNC(=O)OC(C)(C)C)ccc3c2n1CC(C)(C)NC(C)=O. The first kappa shape index (κ1) is 31.9. The molecule has 11 nitrogen and oxygen atoms in total. The molecule has 0 radical (unpaired) electrons. The Bertz CT molecular complexity index is 1340. The maximum Gasteiger partial charge on any atom is 0.407 e. The second kappa shape index (κ2) is 13.8. The number of hydrogen-bond donors (Lipinski definition) is 2. The Kier molecular flexibility index (Phi) is 10.8. The van der Waals surface area contributed by atoms with Crippen LogP contribution in [0.4, 0.5) is 4.79 Å². The number of unbranched alkanes of at least 4 members (excludes halogenated alkanes) is 3. The molecular weight excluding hydrogens is 526 g/mol. The predicted octanol–water partition coefficient (Wildman–Crippen LogP) is 4.74. The van der Waals surface area contributed by atoms with Crippen LogP contribution in [0.15, 0.2) is 24.4 Å². The lowest BCUT2D eigenvalue weighted by atomic mass is 10.1. The van der Waals surface area contributed by atoms with Crippen LogP contribution in [-0.4, -0.2) is 52.4 Å². The summed E-state index contributed by atoms with van der Waals surface area (Å²) in [5.41, 5.74) is 0.803. The van der Waals surface area contributed by atoms with Crippen molar-refractivity contribution in [3.05, 3.63) is 35.4 Å². The average Bonchev–Trinajstić information content (AvgIpc) is 3.18. The summed E-state index contributed by atoms with van der Waals surface area (Å²) in [5.74, 6) is 1.19. The van der Waals surface area contributed by atoms with Crippen molar-refractivity contribution in [1.82, 2.24) is 20.2 Å². The van der Waals surface area contributed by atoms with E-state index in [1.807, 2.05) is 58.2 Å². The number of nitrogens with one attached hydrogen (secondary N) is 2. The zero-order valence-electron chi connectivity index (χ0n) is 25.5. The normalized spacial score (nSPS) is 12.1. The van der Waals surface area contributed by atoms with E-state index in [4.69, 9.17) is 19.2 Å². The van der Waals surface area contributed by atoms with Crippen LogP contribution in [0.2, 0.25) is 0 Å². The summed E-state index contributed by atoms with van der Waals surface area (Å²) in [6.07, 6.45) is 4.71. The van der Waals surface area contributed by atoms with E-state index in [2.05, 4.69) is 10.6 Å². The van der Waals surface area contributed by atoms with Crippen molar-refractivity contribution in [2.75, 3.05) is 19.8 Å². The number of benzene rings is 1. The summed E-state index contributed by atoms with van der Waals surface area (Å²) in [5, 5.41) is 19.5. The third-order valence-electron chi connectivity index (χ3n) is 6.29. The molecule has 41 heavy (non-hydrogen) atoms. The van der Waals surface area contributed by atoms with Gasteiger partial charge in [-0.25, -0.2) is 9.78 Å². The fourth-order valence-electron chi connectivity index (χ4n) is 4.72. The number of fused-ring (bicyclic) bond motifs is 3. The van der Waals surface area contributed by atoms with Crippen LogP contribution in [0, 0.1) is 5.21 Å². The van der Waals surface area contributed by atoms with Crippen LogP contribution < -0.4 is 20.1 Å². The lowest BCUT2D eigenvalue weighted by Crippen LogP contribution is -2.45. The maximum absolute atomic E-state index is 13.0. The van der Waals surface area contributed by atoms with Gasteiger partial charge in [-0.1, -0.05) is 12.8 Å². The lowest BCUT2D eigenvalue weighted by Gasteiger charge is -2.27. The number of aromatic nitrogens is 3. The van der Waals surface area contributed by atoms with Crippen molar-refractivity contribution >= 4 is 33.9 Å². The van der Waals surface area contributed by atoms with Gasteiger partial charge in [0.25, 0.3) is 0 Å². The predicted molar refractivity (Wildman–Crippen MR) is 158 cm³/mol. The van der Waals surface area contributed by atoms with Crippen molar-refractivity contribution < 1.29 is 28.5 Å². The molecule has 3 rings (SSSR count). The number of ether oxygens (including phenoxy) is 3. The summed E-state index contributed by atoms with van der Waals surface area (Å²) >= 11 is 0. The summed E-state index contributed by atoms with van der Waals surface area (Å²) in [6.45, 7) is 15.2. The first-order valence-corrected chi connectivity index (χ1v) is 14.3. The third kappa shape index (κ3) is 9.48. The number of nitrogens with zero attached hydrogens (tertiary/aromatic N) is 3. The first-order chi connectivity index (χ1) is 19.3.